The SMILES string of the molecule is CC(C)c1c(C2CC(F)(F)C2)nn(C)c1NC(=O)OC(C)C(F)(F)P. The minimum absolute atomic E-state index is 0.103. The van der Waals surface area contributed by atoms with E-state index in [0.29, 0.717) is 11.3 Å². The fourth-order valence-electron chi connectivity index (χ4n) is 2.80. The van der Waals surface area contributed by atoms with Crippen molar-refractivity contribution in [2.45, 2.75) is 63.1 Å². The number of hydrogen-bond acceptors (Lipinski definition) is 3. The molecule has 1 amide bonds. The standard InChI is InChI=1S/C15H22F4N3O2P/c1-7(2)10-11(9-5-14(16,17)6-9)21-22(4)12(10)20-13(23)24-8(3)15(18,19)25/h7-9H,5-6,25H2,1-4H3,(H,20,23). The van der Waals surface area contributed by atoms with Gasteiger partial charge in [-0.05, 0) is 12.8 Å². The van der Waals surface area contributed by atoms with Gasteiger partial charge in [-0.25, -0.2) is 13.6 Å². The third-order valence-corrected chi connectivity index (χ3v) is 4.68. The molecule has 0 saturated heterocycles. The van der Waals surface area contributed by atoms with E-state index >= 15 is 0 Å². The largest absolute Gasteiger partial charge is 0.439 e. The number of aromatic nitrogens is 2. The number of carbonyl (C=O) groups is 1. The van der Waals surface area contributed by atoms with Gasteiger partial charge in [0.05, 0.1) is 5.69 Å². The van der Waals surface area contributed by atoms with Gasteiger partial charge in [-0.15, -0.1) is 0 Å². The van der Waals surface area contributed by atoms with E-state index in [0.717, 1.165) is 6.92 Å². The Morgan fingerprint density at radius 1 is 1.40 bits per heavy atom. The maximum absolute atomic E-state index is 13.2. The molecule has 10 heteroatoms. The molecule has 1 heterocycles. The van der Waals surface area contributed by atoms with E-state index in [-0.39, 0.29) is 30.5 Å². The molecule has 1 fully saturated rings. The normalized spacial score (nSPS) is 18.8. The summed E-state index contributed by atoms with van der Waals surface area (Å²) >= 11 is 0. The molecule has 1 aliphatic rings. The molecule has 25 heavy (non-hydrogen) atoms. The summed E-state index contributed by atoms with van der Waals surface area (Å²) in [4.78, 5) is 11.9. The number of anilines is 1. The first-order valence-electron chi connectivity index (χ1n) is 7.90. The molecule has 2 atom stereocenters. The second-order valence-electron chi connectivity index (χ2n) is 6.73. The van der Waals surface area contributed by atoms with Crippen LogP contribution < -0.4 is 5.32 Å². The molecule has 1 saturated carbocycles. The first-order valence-corrected chi connectivity index (χ1v) is 8.48. The maximum Gasteiger partial charge on any atom is 0.413 e. The van der Waals surface area contributed by atoms with E-state index in [9.17, 15) is 22.4 Å². The summed E-state index contributed by atoms with van der Waals surface area (Å²) in [6, 6.07) is 0. The number of hydrogen-bond donors (Lipinski definition) is 1. The Morgan fingerprint density at radius 3 is 2.40 bits per heavy atom. The van der Waals surface area contributed by atoms with Gasteiger partial charge in [-0.1, -0.05) is 23.1 Å². The van der Waals surface area contributed by atoms with Crippen LogP contribution in [0.4, 0.5) is 28.2 Å². The average molecular weight is 383 g/mol. The number of aryl methyl sites for hydroxylation is 1. The molecule has 0 aliphatic heterocycles. The molecule has 1 N–H and O–H groups in total. The third kappa shape index (κ3) is 4.43. The molecule has 0 aromatic carbocycles. The van der Waals surface area contributed by atoms with Gasteiger partial charge in [-0.2, -0.15) is 13.9 Å². The highest BCUT2D eigenvalue weighted by atomic mass is 31.0. The quantitative estimate of drug-likeness (QED) is 0.603. The van der Waals surface area contributed by atoms with Crippen molar-refractivity contribution in [2.75, 3.05) is 5.32 Å². The zero-order valence-corrected chi connectivity index (χ0v) is 15.6. The van der Waals surface area contributed by atoms with E-state index in [1.807, 2.05) is 13.8 Å². The van der Waals surface area contributed by atoms with Crippen molar-refractivity contribution in [3.63, 3.8) is 0 Å². The van der Waals surface area contributed by atoms with E-state index in [4.69, 9.17) is 0 Å². The monoisotopic (exact) mass is 383 g/mol. The van der Waals surface area contributed by atoms with Gasteiger partial charge in [0.25, 0.3) is 5.66 Å². The highest BCUT2D eigenvalue weighted by Crippen LogP contribution is 2.50. The highest BCUT2D eigenvalue weighted by molar-refractivity contribution is 7.18. The van der Waals surface area contributed by atoms with E-state index in [1.165, 1.54) is 13.9 Å². The summed E-state index contributed by atoms with van der Waals surface area (Å²) in [5.74, 6) is -2.92. The average Bonchev–Trinajstić information content (AvgIpc) is 2.71. The molecule has 0 bridgehead atoms. The summed E-state index contributed by atoms with van der Waals surface area (Å²) in [6.45, 7) is 4.75. The lowest BCUT2D eigenvalue weighted by Crippen LogP contribution is -2.34. The molecule has 1 aromatic heterocycles. The van der Waals surface area contributed by atoms with Crippen LogP contribution in [0.15, 0.2) is 0 Å². The lowest BCUT2D eigenvalue weighted by Gasteiger charge is -2.34. The lowest BCUT2D eigenvalue weighted by atomic mass is 9.77. The zero-order valence-electron chi connectivity index (χ0n) is 14.4. The van der Waals surface area contributed by atoms with Gasteiger partial charge in [0.2, 0.25) is 5.92 Å². The number of nitrogens with zero attached hydrogens (tertiary/aromatic N) is 2. The summed E-state index contributed by atoms with van der Waals surface area (Å²) in [5.41, 5.74) is -2.14. The molecule has 2 rings (SSSR count). The van der Waals surface area contributed by atoms with Crippen molar-refractivity contribution in [3.05, 3.63) is 11.3 Å². The molecule has 0 spiro atoms. The van der Waals surface area contributed by atoms with Crippen LogP contribution in [0.2, 0.25) is 0 Å². The molecule has 5 nitrogen and oxygen atoms in total. The smallest absolute Gasteiger partial charge is 0.413 e. The fraction of sp³-hybridized carbons (Fsp3) is 0.733. The predicted molar refractivity (Wildman–Crippen MR) is 88.4 cm³/mol. The first-order chi connectivity index (χ1) is 11.3. The van der Waals surface area contributed by atoms with E-state index < -0.39 is 23.8 Å². The Hall–Kier alpha value is -1.37. The topological polar surface area (TPSA) is 56.2 Å². The minimum atomic E-state index is -3.26. The third-order valence-electron chi connectivity index (χ3n) is 4.21. The van der Waals surface area contributed by atoms with Crippen molar-refractivity contribution in [1.82, 2.24) is 9.78 Å². The number of alkyl halides is 4. The predicted octanol–water partition coefficient (Wildman–Crippen LogP) is 4.46. The Kier molecular flexibility index (Phi) is 5.38. The van der Waals surface area contributed by atoms with Crippen molar-refractivity contribution in [3.8, 4) is 0 Å². The zero-order chi connectivity index (χ0) is 19.2. The van der Waals surface area contributed by atoms with Crippen molar-refractivity contribution in [2.24, 2.45) is 7.05 Å². The van der Waals surface area contributed by atoms with Crippen LogP contribution in [0.5, 0.6) is 0 Å². The molecule has 1 aliphatic carbocycles. The summed E-state index contributed by atoms with van der Waals surface area (Å²) in [5, 5.41) is 6.68. The molecule has 1 aromatic rings. The number of rotatable bonds is 5. The second kappa shape index (κ2) is 6.74. The van der Waals surface area contributed by atoms with Gasteiger partial charge in [0.1, 0.15) is 5.82 Å². The Labute approximate surface area is 145 Å². The number of ether oxygens (including phenoxy) is 1. The molecular formula is C15H22F4N3O2P. The van der Waals surface area contributed by atoms with Gasteiger partial charge in [0.15, 0.2) is 6.10 Å². The van der Waals surface area contributed by atoms with Crippen LogP contribution in [-0.2, 0) is 11.8 Å². The van der Waals surface area contributed by atoms with Crippen LogP contribution in [0.3, 0.4) is 0 Å². The van der Waals surface area contributed by atoms with Crippen molar-refractivity contribution in [1.29, 1.82) is 0 Å². The lowest BCUT2D eigenvalue weighted by molar-refractivity contribution is -0.0878. The first kappa shape index (κ1) is 19.9. The number of halogens is 4. The molecule has 142 valence electrons. The van der Waals surface area contributed by atoms with Gasteiger partial charge in [0, 0.05) is 31.4 Å². The maximum atomic E-state index is 13.2. The van der Waals surface area contributed by atoms with Crippen LogP contribution in [0.25, 0.3) is 0 Å². The van der Waals surface area contributed by atoms with Crippen molar-refractivity contribution >= 4 is 21.2 Å². The Balaban J connectivity index is 2.20. The van der Waals surface area contributed by atoms with E-state index in [2.05, 4.69) is 15.2 Å². The highest BCUT2D eigenvalue weighted by Gasteiger charge is 2.48. The Bertz CT molecular complexity index is 650. The van der Waals surface area contributed by atoms with Crippen LogP contribution in [0.1, 0.15) is 56.7 Å². The van der Waals surface area contributed by atoms with Crippen molar-refractivity contribution < 1.29 is 27.1 Å². The van der Waals surface area contributed by atoms with E-state index in [1.54, 1.807) is 7.05 Å². The summed E-state index contributed by atoms with van der Waals surface area (Å²) in [6.07, 6.45) is -3.27. The molecule has 2 unspecified atom stereocenters. The number of nitrogens with one attached hydrogen (secondary N) is 1. The van der Waals surface area contributed by atoms with Gasteiger partial charge >= 0.3 is 6.09 Å². The van der Waals surface area contributed by atoms with Gasteiger partial charge in [-0.3, -0.25) is 10.00 Å². The fourth-order valence-corrected chi connectivity index (χ4v) is 2.87. The van der Waals surface area contributed by atoms with Crippen LogP contribution in [0, 0.1) is 0 Å². The van der Waals surface area contributed by atoms with Crippen LogP contribution >= 0.6 is 9.24 Å². The molecular weight excluding hydrogens is 361 g/mol. The second-order valence-corrected chi connectivity index (χ2v) is 7.50. The summed E-state index contributed by atoms with van der Waals surface area (Å²) < 4.78 is 58.6. The minimum Gasteiger partial charge on any atom is -0.439 e. The number of amides is 1. The summed E-state index contributed by atoms with van der Waals surface area (Å²) in [7, 11) is 2.86. The van der Waals surface area contributed by atoms with Crippen LogP contribution in [-0.4, -0.2) is 33.6 Å². The molecule has 0 radical (unpaired) electrons. The number of carbonyl (C=O) groups excluding carboxylic acids is 1. The Morgan fingerprint density at radius 2 is 1.96 bits per heavy atom. The van der Waals surface area contributed by atoms with Gasteiger partial charge < -0.3 is 4.74 Å².